The molecule has 0 aliphatic heterocycles. The molecule has 0 atom stereocenters. The number of thioether (sulfide) groups is 1. The molecular formula is C18H16N2O3S. The minimum atomic E-state index is -0.358. The summed E-state index contributed by atoms with van der Waals surface area (Å²) in [6.45, 7) is 3.49. The zero-order valence-electron chi connectivity index (χ0n) is 13.4. The Kier molecular flexibility index (Phi) is 4.40. The van der Waals surface area contributed by atoms with Gasteiger partial charge < -0.3 is 9.94 Å². The number of benzene rings is 2. The molecule has 24 heavy (non-hydrogen) atoms. The fourth-order valence-electron chi connectivity index (χ4n) is 2.52. The normalized spacial score (nSPS) is 10.9. The largest absolute Gasteiger partial charge is 0.805 e. The summed E-state index contributed by atoms with van der Waals surface area (Å²) >= 11 is 1.35. The van der Waals surface area contributed by atoms with E-state index in [0.717, 1.165) is 10.5 Å². The SMILES string of the molecule is Cc1ccc(SCC(=O)c2c(C)n([O-])c3ccccc3[n+]2=O)cc1. The first-order valence-corrected chi connectivity index (χ1v) is 8.44. The Morgan fingerprint density at radius 2 is 1.79 bits per heavy atom. The van der Waals surface area contributed by atoms with Crippen LogP contribution in [-0.2, 0) is 0 Å². The Hall–Kier alpha value is -2.60. The van der Waals surface area contributed by atoms with E-state index in [1.165, 1.54) is 18.7 Å². The molecule has 0 aliphatic carbocycles. The van der Waals surface area contributed by atoms with Crippen LogP contribution < -0.4 is 4.43 Å². The number of aromatic nitrogens is 2. The maximum absolute atomic E-state index is 12.5. The van der Waals surface area contributed by atoms with Gasteiger partial charge in [-0.1, -0.05) is 29.8 Å². The zero-order chi connectivity index (χ0) is 17.3. The van der Waals surface area contributed by atoms with E-state index in [2.05, 4.69) is 0 Å². The molecule has 0 saturated heterocycles. The van der Waals surface area contributed by atoms with Crippen LogP contribution in [0.25, 0.3) is 11.0 Å². The highest BCUT2D eigenvalue weighted by Crippen LogP contribution is 2.20. The molecular weight excluding hydrogens is 324 g/mol. The smallest absolute Gasteiger partial charge is 0.325 e. The van der Waals surface area contributed by atoms with Crippen molar-refractivity contribution in [3.05, 3.63) is 75.6 Å². The highest BCUT2D eigenvalue weighted by atomic mass is 32.2. The van der Waals surface area contributed by atoms with Crippen molar-refractivity contribution >= 4 is 28.6 Å². The predicted molar refractivity (Wildman–Crippen MR) is 95.0 cm³/mol. The monoisotopic (exact) mass is 340 g/mol. The highest BCUT2D eigenvalue weighted by Gasteiger charge is 2.26. The Balaban J connectivity index is 1.95. The number of hydrogen-bond donors (Lipinski definition) is 0. The number of para-hydroxylation sites is 2. The van der Waals surface area contributed by atoms with E-state index < -0.39 is 0 Å². The molecule has 0 radical (unpaired) electrons. The van der Waals surface area contributed by atoms with E-state index in [1.54, 1.807) is 24.3 Å². The molecule has 0 amide bonds. The first-order valence-electron chi connectivity index (χ1n) is 7.46. The van der Waals surface area contributed by atoms with Gasteiger partial charge in [0.1, 0.15) is 5.52 Å². The van der Waals surface area contributed by atoms with E-state index in [1.807, 2.05) is 31.2 Å². The van der Waals surface area contributed by atoms with Gasteiger partial charge in [-0.2, -0.15) is 0 Å². The van der Waals surface area contributed by atoms with Crippen LogP contribution in [0.2, 0.25) is 0 Å². The van der Waals surface area contributed by atoms with Crippen LogP contribution in [0, 0.1) is 24.0 Å². The summed E-state index contributed by atoms with van der Waals surface area (Å²) in [7, 11) is 0. The van der Waals surface area contributed by atoms with Crippen molar-refractivity contribution in [2.75, 3.05) is 5.75 Å². The average Bonchev–Trinajstić information content (AvgIpc) is 2.59. The number of fused-ring (bicyclic) bond motifs is 1. The van der Waals surface area contributed by atoms with Crippen molar-refractivity contribution in [3.63, 3.8) is 0 Å². The lowest BCUT2D eigenvalue weighted by molar-refractivity contribution is -0.468. The summed E-state index contributed by atoms with van der Waals surface area (Å²) in [4.78, 5) is 26.0. The van der Waals surface area contributed by atoms with E-state index in [0.29, 0.717) is 9.16 Å². The van der Waals surface area contributed by atoms with E-state index in [-0.39, 0.29) is 34.0 Å². The van der Waals surface area contributed by atoms with Gasteiger partial charge in [0, 0.05) is 15.9 Å². The van der Waals surface area contributed by atoms with Crippen LogP contribution >= 0.6 is 11.8 Å². The molecule has 5 nitrogen and oxygen atoms in total. The number of carbonyl (C=O) groups excluding carboxylic acids is 1. The van der Waals surface area contributed by atoms with Crippen LogP contribution in [0.5, 0.6) is 0 Å². The molecule has 1 aromatic heterocycles. The lowest BCUT2D eigenvalue weighted by Gasteiger charge is -2.15. The van der Waals surface area contributed by atoms with Crippen molar-refractivity contribution in [2.24, 2.45) is 0 Å². The van der Waals surface area contributed by atoms with Crippen LogP contribution in [0.4, 0.5) is 0 Å². The number of ketones is 1. The van der Waals surface area contributed by atoms with Gasteiger partial charge in [-0.15, -0.1) is 11.8 Å². The second kappa shape index (κ2) is 6.49. The first kappa shape index (κ1) is 16.3. The van der Waals surface area contributed by atoms with Gasteiger partial charge in [0.05, 0.1) is 15.9 Å². The molecule has 1 heterocycles. The van der Waals surface area contributed by atoms with Crippen molar-refractivity contribution in [3.8, 4) is 0 Å². The number of nitrogens with zero attached hydrogens (tertiary/aromatic N) is 2. The molecule has 122 valence electrons. The topological polar surface area (TPSA) is 68.0 Å². The van der Waals surface area contributed by atoms with Crippen LogP contribution in [0.3, 0.4) is 0 Å². The number of carbonyl (C=O) groups is 1. The molecule has 3 rings (SSSR count). The minimum absolute atomic E-state index is 0.0942. The lowest BCUT2D eigenvalue weighted by Crippen LogP contribution is -2.31. The Labute approximate surface area is 143 Å². The summed E-state index contributed by atoms with van der Waals surface area (Å²) in [5.74, 6) is -0.256. The molecule has 0 spiro atoms. The first-order chi connectivity index (χ1) is 11.5. The van der Waals surface area contributed by atoms with E-state index in [4.69, 9.17) is 0 Å². The van der Waals surface area contributed by atoms with Gasteiger partial charge in [0.2, 0.25) is 5.78 Å². The van der Waals surface area contributed by atoms with Crippen molar-refractivity contribution in [2.45, 2.75) is 18.7 Å². The summed E-state index contributed by atoms with van der Waals surface area (Å²) in [5, 5.41) is 12.3. The van der Waals surface area contributed by atoms with Crippen LogP contribution in [0.15, 0.2) is 53.4 Å². The number of aryl methyl sites for hydroxylation is 1. The number of rotatable bonds is 4. The average molecular weight is 340 g/mol. The third kappa shape index (κ3) is 2.92. The van der Waals surface area contributed by atoms with Gasteiger partial charge in [-0.25, -0.2) is 0 Å². The summed E-state index contributed by atoms with van der Waals surface area (Å²) < 4.78 is 1.21. The maximum Gasteiger partial charge on any atom is 0.325 e. The van der Waals surface area contributed by atoms with Crippen molar-refractivity contribution in [1.82, 2.24) is 4.73 Å². The van der Waals surface area contributed by atoms with Crippen LogP contribution in [-0.4, -0.2) is 16.3 Å². The van der Waals surface area contributed by atoms with Gasteiger partial charge in [-0.05, 0) is 32.0 Å². The second-order valence-electron chi connectivity index (χ2n) is 5.54. The molecule has 0 bridgehead atoms. The van der Waals surface area contributed by atoms with E-state index >= 15 is 0 Å². The molecule has 0 aliphatic rings. The quantitative estimate of drug-likeness (QED) is 0.414. The van der Waals surface area contributed by atoms with Gasteiger partial charge >= 0.3 is 5.69 Å². The second-order valence-corrected chi connectivity index (χ2v) is 6.59. The van der Waals surface area contributed by atoms with E-state index in [9.17, 15) is 14.9 Å². The van der Waals surface area contributed by atoms with Crippen molar-refractivity contribution in [1.29, 1.82) is 0 Å². The Morgan fingerprint density at radius 1 is 1.12 bits per heavy atom. The zero-order valence-corrected chi connectivity index (χ0v) is 14.2. The van der Waals surface area contributed by atoms with Gasteiger partial charge in [0.15, 0.2) is 0 Å². The lowest BCUT2D eigenvalue weighted by atomic mass is 10.2. The molecule has 0 unspecified atom stereocenters. The highest BCUT2D eigenvalue weighted by molar-refractivity contribution is 8.00. The maximum atomic E-state index is 12.5. The minimum Gasteiger partial charge on any atom is -0.805 e. The Morgan fingerprint density at radius 3 is 2.50 bits per heavy atom. The summed E-state index contributed by atoms with van der Waals surface area (Å²) in [6, 6.07) is 14.3. The fraction of sp³-hybridized carbons (Fsp3) is 0.167. The number of hydrogen-bond acceptors (Lipinski definition) is 4. The number of Topliss-reactive ketones (excluding diaryl/α,β-unsaturated/α-hetero) is 1. The molecule has 6 heteroatoms. The Bertz CT molecular complexity index is 978. The fourth-order valence-corrected chi connectivity index (χ4v) is 3.28. The summed E-state index contributed by atoms with van der Waals surface area (Å²) in [6.07, 6.45) is 0. The third-order valence-electron chi connectivity index (χ3n) is 3.82. The standard InChI is InChI=1S/C18H16N2O3S/c1-12-7-9-14(10-8-12)24-11-17(21)18-13(2)19(22)15-5-3-4-6-16(15)20(18)23/h3-10H,11H2,1-2H3. The van der Waals surface area contributed by atoms with Gasteiger partial charge in [-0.3, -0.25) is 4.79 Å². The van der Waals surface area contributed by atoms with Gasteiger partial charge in [0.25, 0.3) is 5.52 Å². The summed E-state index contributed by atoms with van der Waals surface area (Å²) in [5.41, 5.74) is 1.62. The molecule has 3 aromatic rings. The van der Waals surface area contributed by atoms with Crippen molar-refractivity contribution < 1.29 is 9.22 Å². The van der Waals surface area contributed by atoms with Crippen LogP contribution in [0.1, 0.15) is 21.7 Å². The molecule has 0 saturated carbocycles. The molecule has 2 aromatic carbocycles. The molecule has 0 fully saturated rings. The third-order valence-corrected chi connectivity index (χ3v) is 4.84. The predicted octanol–water partition coefficient (Wildman–Crippen LogP) is 3.49. The molecule has 0 N–H and O–H groups in total.